The van der Waals surface area contributed by atoms with Gasteiger partial charge >= 0.3 is 0 Å². The highest BCUT2D eigenvalue weighted by atomic mass is 32.2. The van der Waals surface area contributed by atoms with Crippen molar-refractivity contribution in [2.24, 2.45) is 5.92 Å². The van der Waals surface area contributed by atoms with Crippen LogP contribution in [-0.4, -0.2) is 46.1 Å². The highest BCUT2D eigenvalue weighted by Gasteiger charge is 2.24. The molecule has 0 spiro atoms. The van der Waals surface area contributed by atoms with Gasteiger partial charge in [-0.15, -0.1) is 0 Å². The second-order valence-electron chi connectivity index (χ2n) is 5.84. The first kappa shape index (κ1) is 14.8. The van der Waals surface area contributed by atoms with Crippen LogP contribution in [0.3, 0.4) is 0 Å². The summed E-state index contributed by atoms with van der Waals surface area (Å²) in [4.78, 5) is 0.348. The summed E-state index contributed by atoms with van der Waals surface area (Å²) in [6, 6.07) is 5.33. The number of sulfonamides is 1. The first-order valence-electron chi connectivity index (χ1n) is 7.48. The molecule has 1 saturated carbocycles. The predicted octanol–water partition coefficient (Wildman–Crippen LogP) is 1.70. The van der Waals surface area contributed by atoms with Crippen LogP contribution in [-0.2, 0) is 21.2 Å². The van der Waals surface area contributed by atoms with Crippen LogP contribution in [0.25, 0.3) is 0 Å². The molecule has 6 heteroatoms. The van der Waals surface area contributed by atoms with Gasteiger partial charge in [-0.3, -0.25) is 0 Å². The Morgan fingerprint density at radius 1 is 1.38 bits per heavy atom. The van der Waals surface area contributed by atoms with Crippen molar-refractivity contribution in [3.05, 3.63) is 23.8 Å². The molecule has 0 aromatic heterocycles. The fourth-order valence-electron chi connectivity index (χ4n) is 2.46. The molecule has 5 nitrogen and oxygen atoms in total. The largest absolute Gasteiger partial charge is 0.384 e. The molecule has 3 rings (SSSR count). The second-order valence-corrected chi connectivity index (χ2v) is 7.89. The number of nitrogens with zero attached hydrogens (tertiary/aromatic N) is 1. The first-order valence-corrected chi connectivity index (χ1v) is 8.92. The zero-order chi connectivity index (χ0) is 14.9. The zero-order valence-electron chi connectivity index (χ0n) is 12.3. The van der Waals surface area contributed by atoms with Gasteiger partial charge in [0.05, 0.1) is 11.5 Å². The maximum atomic E-state index is 12.5. The van der Waals surface area contributed by atoms with E-state index in [0.29, 0.717) is 24.0 Å². The minimum atomic E-state index is -3.43. The van der Waals surface area contributed by atoms with Gasteiger partial charge in [0.25, 0.3) is 0 Å². The molecule has 0 unspecified atom stereocenters. The molecule has 1 heterocycles. The van der Waals surface area contributed by atoms with E-state index in [0.717, 1.165) is 25.3 Å². The molecule has 1 aromatic rings. The Kier molecular flexibility index (Phi) is 4.19. The zero-order valence-corrected chi connectivity index (χ0v) is 13.2. The van der Waals surface area contributed by atoms with E-state index in [9.17, 15) is 8.42 Å². The molecule has 0 atom stereocenters. The minimum absolute atomic E-state index is 0.348. The van der Waals surface area contributed by atoms with Crippen molar-refractivity contribution in [1.29, 1.82) is 0 Å². The summed E-state index contributed by atoms with van der Waals surface area (Å²) in [7, 11) is -1.82. The Balaban J connectivity index is 1.61. The topological polar surface area (TPSA) is 58.6 Å². The molecule has 2 aliphatic rings. The standard InChI is InChI=1S/C15H22N2O3S/c1-17(8-9-20-11-12-2-3-12)21(18,19)14-5-4-13-6-7-16-15(13)10-14/h4-5,10,12,16H,2-3,6-9,11H2,1H3. The molecular formula is C15H22N2O3S. The Hall–Kier alpha value is -1.11. The van der Waals surface area contributed by atoms with E-state index in [-0.39, 0.29) is 0 Å². The molecule has 0 amide bonds. The number of ether oxygens (including phenoxy) is 1. The number of benzene rings is 1. The summed E-state index contributed by atoms with van der Waals surface area (Å²) in [5.74, 6) is 0.703. The lowest BCUT2D eigenvalue weighted by Gasteiger charge is -2.17. The smallest absolute Gasteiger partial charge is 0.242 e. The lowest BCUT2D eigenvalue weighted by molar-refractivity contribution is 0.117. The van der Waals surface area contributed by atoms with Crippen molar-refractivity contribution in [3.8, 4) is 0 Å². The molecule has 1 aliphatic carbocycles. The molecule has 0 bridgehead atoms. The number of anilines is 1. The highest BCUT2D eigenvalue weighted by molar-refractivity contribution is 7.89. The fraction of sp³-hybridized carbons (Fsp3) is 0.600. The van der Waals surface area contributed by atoms with E-state index < -0.39 is 10.0 Å². The number of rotatable bonds is 7. The van der Waals surface area contributed by atoms with Crippen LogP contribution < -0.4 is 5.32 Å². The van der Waals surface area contributed by atoms with Gasteiger partial charge in [0.1, 0.15) is 0 Å². The molecule has 1 aromatic carbocycles. The van der Waals surface area contributed by atoms with Crippen LogP contribution in [0.15, 0.2) is 23.1 Å². The lowest BCUT2D eigenvalue weighted by atomic mass is 10.2. The van der Waals surface area contributed by atoms with Gasteiger partial charge in [-0.25, -0.2) is 8.42 Å². The van der Waals surface area contributed by atoms with Gasteiger partial charge in [-0.1, -0.05) is 6.07 Å². The van der Waals surface area contributed by atoms with E-state index in [1.807, 2.05) is 6.07 Å². The first-order chi connectivity index (χ1) is 10.1. The van der Waals surface area contributed by atoms with Crippen molar-refractivity contribution in [2.45, 2.75) is 24.2 Å². The minimum Gasteiger partial charge on any atom is -0.384 e. The fourth-order valence-corrected chi connectivity index (χ4v) is 3.64. The average Bonchev–Trinajstić information content (AvgIpc) is 3.17. The van der Waals surface area contributed by atoms with E-state index in [1.165, 1.54) is 22.7 Å². The third-order valence-electron chi connectivity index (χ3n) is 4.10. The molecule has 1 N–H and O–H groups in total. The van der Waals surface area contributed by atoms with Gasteiger partial charge in [0.15, 0.2) is 0 Å². The van der Waals surface area contributed by atoms with E-state index in [4.69, 9.17) is 4.74 Å². The van der Waals surface area contributed by atoms with Gasteiger partial charge in [0, 0.05) is 32.4 Å². The summed E-state index contributed by atoms with van der Waals surface area (Å²) in [5.41, 5.74) is 2.12. The molecule has 0 radical (unpaired) electrons. The summed E-state index contributed by atoms with van der Waals surface area (Å²) in [6.45, 7) is 2.48. The van der Waals surface area contributed by atoms with Crippen molar-refractivity contribution in [1.82, 2.24) is 4.31 Å². The number of fused-ring (bicyclic) bond motifs is 1. The highest BCUT2D eigenvalue weighted by Crippen LogP contribution is 2.29. The number of hydrogen-bond acceptors (Lipinski definition) is 4. The molecule has 116 valence electrons. The molecule has 21 heavy (non-hydrogen) atoms. The molecule has 1 aliphatic heterocycles. The van der Waals surface area contributed by atoms with E-state index in [2.05, 4.69) is 5.32 Å². The van der Waals surface area contributed by atoms with Crippen LogP contribution in [0.1, 0.15) is 18.4 Å². The number of likely N-dealkylation sites (N-methyl/N-ethyl adjacent to an activating group) is 1. The summed E-state index contributed by atoms with van der Waals surface area (Å²) in [5, 5.41) is 3.22. The van der Waals surface area contributed by atoms with E-state index in [1.54, 1.807) is 19.2 Å². The Bertz CT molecular complexity index is 611. The van der Waals surface area contributed by atoms with Gasteiger partial charge in [-0.2, -0.15) is 4.31 Å². The van der Waals surface area contributed by atoms with Crippen LogP contribution in [0, 0.1) is 5.92 Å². The summed E-state index contributed by atoms with van der Waals surface area (Å²) >= 11 is 0. The van der Waals surface area contributed by atoms with E-state index >= 15 is 0 Å². The van der Waals surface area contributed by atoms with Crippen LogP contribution in [0.5, 0.6) is 0 Å². The number of hydrogen-bond donors (Lipinski definition) is 1. The quantitative estimate of drug-likeness (QED) is 0.779. The molecule has 0 saturated heterocycles. The van der Waals surface area contributed by atoms with Crippen LogP contribution >= 0.6 is 0 Å². The molecule has 1 fully saturated rings. The number of nitrogens with one attached hydrogen (secondary N) is 1. The van der Waals surface area contributed by atoms with Gasteiger partial charge in [0.2, 0.25) is 10.0 Å². The SMILES string of the molecule is CN(CCOCC1CC1)S(=O)(=O)c1ccc2c(c1)NCC2. The third kappa shape index (κ3) is 3.39. The average molecular weight is 310 g/mol. The Labute approximate surface area is 126 Å². The van der Waals surface area contributed by atoms with Crippen molar-refractivity contribution >= 4 is 15.7 Å². The van der Waals surface area contributed by atoms with Crippen molar-refractivity contribution < 1.29 is 13.2 Å². The Morgan fingerprint density at radius 3 is 2.95 bits per heavy atom. The summed E-state index contributed by atoms with van der Waals surface area (Å²) in [6.07, 6.45) is 3.45. The summed E-state index contributed by atoms with van der Waals surface area (Å²) < 4.78 is 31.9. The van der Waals surface area contributed by atoms with Crippen LogP contribution in [0.4, 0.5) is 5.69 Å². The predicted molar refractivity (Wildman–Crippen MR) is 82.0 cm³/mol. The van der Waals surface area contributed by atoms with Crippen LogP contribution in [0.2, 0.25) is 0 Å². The third-order valence-corrected chi connectivity index (χ3v) is 5.95. The van der Waals surface area contributed by atoms with Gasteiger partial charge in [-0.05, 0) is 42.9 Å². The maximum Gasteiger partial charge on any atom is 0.242 e. The van der Waals surface area contributed by atoms with Gasteiger partial charge < -0.3 is 10.1 Å². The second kappa shape index (κ2) is 5.94. The normalized spacial score (nSPS) is 17.8. The van der Waals surface area contributed by atoms with Crippen molar-refractivity contribution in [3.63, 3.8) is 0 Å². The molecular weight excluding hydrogens is 288 g/mol. The Morgan fingerprint density at radius 2 is 2.19 bits per heavy atom. The van der Waals surface area contributed by atoms with Crippen molar-refractivity contribution in [2.75, 3.05) is 38.7 Å². The maximum absolute atomic E-state index is 12.5. The monoisotopic (exact) mass is 310 g/mol. The lowest BCUT2D eigenvalue weighted by Crippen LogP contribution is -2.30.